The Morgan fingerprint density at radius 1 is 1.15 bits per heavy atom. The second kappa shape index (κ2) is 4.97. The Morgan fingerprint density at radius 3 is 2.31 bits per heavy atom. The minimum Gasteiger partial charge on any atom is -0.379 e. The molecular formula is C11H23NO. The summed E-state index contributed by atoms with van der Waals surface area (Å²) in [6.07, 6.45) is 2.65. The first-order valence-electron chi connectivity index (χ1n) is 5.38. The number of morpholine rings is 1. The molecule has 2 heteroatoms. The highest BCUT2D eigenvalue weighted by Crippen LogP contribution is 2.20. The minimum atomic E-state index is 0.492. The fraction of sp³-hybridized carbons (Fsp3) is 1.00. The van der Waals surface area contributed by atoms with Gasteiger partial charge in [0.2, 0.25) is 0 Å². The number of ether oxygens (including phenoxy) is 1. The summed E-state index contributed by atoms with van der Waals surface area (Å²) in [4.78, 5) is 2.51. The zero-order valence-corrected chi connectivity index (χ0v) is 9.31. The molecule has 1 aliphatic rings. The van der Waals surface area contributed by atoms with Crippen molar-refractivity contribution in [3.63, 3.8) is 0 Å². The molecule has 1 heterocycles. The van der Waals surface area contributed by atoms with Gasteiger partial charge in [0.15, 0.2) is 0 Å². The Balaban J connectivity index is 2.04. The molecule has 13 heavy (non-hydrogen) atoms. The van der Waals surface area contributed by atoms with Crippen LogP contribution in [-0.4, -0.2) is 37.7 Å². The van der Waals surface area contributed by atoms with Crippen LogP contribution in [0.4, 0.5) is 0 Å². The van der Waals surface area contributed by atoms with E-state index >= 15 is 0 Å². The van der Waals surface area contributed by atoms with Gasteiger partial charge < -0.3 is 4.74 Å². The molecule has 0 amide bonds. The van der Waals surface area contributed by atoms with Gasteiger partial charge in [0.05, 0.1) is 13.2 Å². The molecule has 0 radical (unpaired) electrons. The maximum absolute atomic E-state index is 5.31. The van der Waals surface area contributed by atoms with Crippen LogP contribution in [0, 0.1) is 5.41 Å². The molecule has 0 spiro atoms. The highest BCUT2D eigenvalue weighted by Gasteiger charge is 2.13. The first-order valence-corrected chi connectivity index (χ1v) is 5.38. The van der Waals surface area contributed by atoms with E-state index < -0.39 is 0 Å². The summed E-state index contributed by atoms with van der Waals surface area (Å²) in [5.41, 5.74) is 0.492. The lowest BCUT2D eigenvalue weighted by Crippen LogP contribution is -2.37. The normalized spacial score (nSPS) is 20.5. The minimum absolute atomic E-state index is 0.492. The maximum Gasteiger partial charge on any atom is 0.0594 e. The van der Waals surface area contributed by atoms with Gasteiger partial charge in [-0.25, -0.2) is 0 Å². The summed E-state index contributed by atoms with van der Waals surface area (Å²) >= 11 is 0. The van der Waals surface area contributed by atoms with Crippen molar-refractivity contribution in [2.24, 2.45) is 5.41 Å². The zero-order chi connectivity index (χ0) is 9.73. The van der Waals surface area contributed by atoms with Gasteiger partial charge in [-0.3, -0.25) is 4.90 Å². The van der Waals surface area contributed by atoms with E-state index in [0.29, 0.717) is 5.41 Å². The third kappa shape index (κ3) is 5.27. The van der Waals surface area contributed by atoms with Crippen molar-refractivity contribution in [1.82, 2.24) is 4.90 Å². The number of rotatable bonds is 3. The molecule has 2 nitrogen and oxygen atoms in total. The van der Waals surface area contributed by atoms with Gasteiger partial charge in [-0.1, -0.05) is 20.8 Å². The van der Waals surface area contributed by atoms with E-state index in [1.807, 2.05) is 0 Å². The van der Waals surface area contributed by atoms with Crippen LogP contribution < -0.4 is 0 Å². The molecule has 0 aliphatic carbocycles. The molecule has 0 saturated carbocycles. The van der Waals surface area contributed by atoms with E-state index in [-0.39, 0.29) is 0 Å². The maximum atomic E-state index is 5.31. The Kier molecular flexibility index (Phi) is 4.20. The van der Waals surface area contributed by atoms with Gasteiger partial charge >= 0.3 is 0 Å². The van der Waals surface area contributed by atoms with Crippen LogP contribution in [0.15, 0.2) is 0 Å². The van der Waals surface area contributed by atoms with E-state index in [9.17, 15) is 0 Å². The molecule has 1 aliphatic heterocycles. The van der Waals surface area contributed by atoms with Crippen molar-refractivity contribution in [3.8, 4) is 0 Å². The number of hydrogen-bond acceptors (Lipinski definition) is 2. The lowest BCUT2D eigenvalue weighted by molar-refractivity contribution is 0.0361. The summed E-state index contributed by atoms with van der Waals surface area (Å²) in [6, 6.07) is 0. The van der Waals surface area contributed by atoms with Crippen LogP contribution in [0.1, 0.15) is 33.6 Å². The smallest absolute Gasteiger partial charge is 0.0594 e. The van der Waals surface area contributed by atoms with Crippen molar-refractivity contribution >= 4 is 0 Å². The second-order valence-electron chi connectivity index (χ2n) is 5.12. The van der Waals surface area contributed by atoms with Gasteiger partial charge in [0.25, 0.3) is 0 Å². The average Bonchev–Trinajstić information content (AvgIpc) is 2.04. The fourth-order valence-electron chi connectivity index (χ4n) is 1.66. The monoisotopic (exact) mass is 185 g/mol. The Labute approximate surface area is 82.3 Å². The lowest BCUT2D eigenvalue weighted by atomic mass is 9.90. The topological polar surface area (TPSA) is 12.5 Å². The van der Waals surface area contributed by atoms with Gasteiger partial charge in [-0.15, -0.1) is 0 Å². The summed E-state index contributed by atoms with van der Waals surface area (Å²) < 4.78 is 5.31. The molecule has 0 aromatic rings. The Morgan fingerprint density at radius 2 is 1.77 bits per heavy atom. The standard InChI is InChI=1S/C11H23NO/c1-11(2,3)5-4-6-12-7-9-13-10-8-12/h4-10H2,1-3H3. The van der Waals surface area contributed by atoms with E-state index in [1.165, 1.54) is 19.4 Å². The SMILES string of the molecule is CC(C)(C)CCCN1CCOCC1. The third-order valence-electron chi connectivity index (χ3n) is 2.50. The predicted octanol–water partition coefficient (Wildman–Crippen LogP) is 2.14. The highest BCUT2D eigenvalue weighted by atomic mass is 16.5. The van der Waals surface area contributed by atoms with Crippen molar-refractivity contribution in [2.75, 3.05) is 32.8 Å². The molecule has 1 saturated heterocycles. The molecular weight excluding hydrogens is 162 g/mol. The fourth-order valence-corrected chi connectivity index (χ4v) is 1.66. The number of hydrogen-bond donors (Lipinski definition) is 0. The lowest BCUT2D eigenvalue weighted by Gasteiger charge is -2.27. The Bertz CT molecular complexity index is 134. The first kappa shape index (κ1) is 11.0. The van der Waals surface area contributed by atoms with Crippen molar-refractivity contribution in [2.45, 2.75) is 33.6 Å². The van der Waals surface area contributed by atoms with Gasteiger partial charge in [0.1, 0.15) is 0 Å². The van der Waals surface area contributed by atoms with Crippen LogP contribution >= 0.6 is 0 Å². The number of nitrogens with zero attached hydrogens (tertiary/aromatic N) is 1. The van der Waals surface area contributed by atoms with Gasteiger partial charge in [-0.05, 0) is 24.8 Å². The van der Waals surface area contributed by atoms with Crippen molar-refractivity contribution in [3.05, 3.63) is 0 Å². The average molecular weight is 185 g/mol. The quantitative estimate of drug-likeness (QED) is 0.668. The van der Waals surface area contributed by atoms with Crippen molar-refractivity contribution in [1.29, 1.82) is 0 Å². The summed E-state index contributed by atoms with van der Waals surface area (Å²) in [5.74, 6) is 0. The molecule has 1 fully saturated rings. The highest BCUT2D eigenvalue weighted by molar-refractivity contribution is 4.66. The van der Waals surface area contributed by atoms with Crippen molar-refractivity contribution < 1.29 is 4.74 Å². The van der Waals surface area contributed by atoms with Crippen LogP contribution in [0.3, 0.4) is 0 Å². The second-order valence-corrected chi connectivity index (χ2v) is 5.12. The molecule has 0 aromatic heterocycles. The summed E-state index contributed by atoms with van der Waals surface area (Å²) in [6.45, 7) is 12.3. The van der Waals surface area contributed by atoms with E-state index in [0.717, 1.165) is 26.3 Å². The van der Waals surface area contributed by atoms with Gasteiger partial charge in [0, 0.05) is 13.1 Å². The van der Waals surface area contributed by atoms with Crippen LogP contribution in [0.2, 0.25) is 0 Å². The molecule has 0 N–H and O–H groups in total. The molecule has 0 unspecified atom stereocenters. The zero-order valence-electron chi connectivity index (χ0n) is 9.31. The molecule has 0 bridgehead atoms. The molecule has 0 atom stereocenters. The van der Waals surface area contributed by atoms with Gasteiger partial charge in [-0.2, -0.15) is 0 Å². The molecule has 1 rings (SSSR count). The van der Waals surface area contributed by atoms with E-state index in [2.05, 4.69) is 25.7 Å². The molecule has 78 valence electrons. The van der Waals surface area contributed by atoms with Crippen LogP contribution in [-0.2, 0) is 4.74 Å². The van der Waals surface area contributed by atoms with Crippen LogP contribution in [0.5, 0.6) is 0 Å². The van der Waals surface area contributed by atoms with Crippen LogP contribution in [0.25, 0.3) is 0 Å². The van der Waals surface area contributed by atoms with E-state index in [1.54, 1.807) is 0 Å². The predicted molar refractivity (Wildman–Crippen MR) is 55.9 cm³/mol. The third-order valence-corrected chi connectivity index (χ3v) is 2.50. The summed E-state index contributed by atoms with van der Waals surface area (Å²) in [7, 11) is 0. The Hall–Kier alpha value is -0.0800. The molecule has 0 aromatic carbocycles. The summed E-state index contributed by atoms with van der Waals surface area (Å²) in [5, 5.41) is 0. The first-order chi connectivity index (χ1) is 6.08. The largest absolute Gasteiger partial charge is 0.379 e. The van der Waals surface area contributed by atoms with E-state index in [4.69, 9.17) is 4.74 Å².